The zero-order valence-electron chi connectivity index (χ0n) is 9.68. The molecule has 0 saturated heterocycles. The van der Waals surface area contributed by atoms with Crippen LogP contribution in [0.3, 0.4) is 0 Å². The van der Waals surface area contributed by atoms with Crippen LogP contribution in [0.15, 0.2) is 23.8 Å². The molecule has 0 aliphatic heterocycles. The Labute approximate surface area is 97.8 Å². The molecule has 1 unspecified atom stereocenters. The molecule has 0 aromatic heterocycles. The SMILES string of the molecule is COC(=O)C1=CC=CC(=O)C1(OC)OC(C)=O. The number of ketones is 1. The predicted octanol–water partition coefficient (Wildman–Crippen LogP) is 0.130. The van der Waals surface area contributed by atoms with Crippen LogP contribution in [0.5, 0.6) is 0 Å². The van der Waals surface area contributed by atoms with Gasteiger partial charge in [-0.2, -0.15) is 0 Å². The van der Waals surface area contributed by atoms with Crippen molar-refractivity contribution in [3.63, 3.8) is 0 Å². The molecule has 0 saturated carbocycles. The predicted molar refractivity (Wildman–Crippen MR) is 55.8 cm³/mol. The van der Waals surface area contributed by atoms with Crippen molar-refractivity contribution in [1.29, 1.82) is 0 Å². The third-order valence-corrected chi connectivity index (χ3v) is 2.17. The average Bonchev–Trinajstić information content (AvgIpc) is 2.30. The lowest BCUT2D eigenvalue weighted by molar-refractivity contribution is -0.204. The number of carbonyl (C=O) groups is 3. The molecule has 0 aromatic carbocycles. The molecule has 1 aliphatic rings. The lowest BCUT2D eigenvalue weighted by Crippen LogP contribution is -2.49. The summed E-state index contributed by atoms with van der Waals surface area (Å²) >= 11 is 0. The van der Waals surface area contributed by atoms with Crippen LogP contribution in [0.4, 0.5) is 0 Å². The van der Waals surface area contributed by atoms with Gasteiger partial charge in [-0.3, -0.25) is 9.59 Å². The molecule has 0 heterocycles. The minimum atomic E-state index is -2.05. The molecule has 0 aromatic rings. The van der Waals surface area contributed by atoms with Crippen LogP contribution in [0.1, 0.15) is 6.92 Å². The van der Waals surface area contributed by atoms with Gasteiger partial charge in [-0.1, -0.05) is 6.08 Å². The summed E-state index contributed by atoms with van der Waals surface area (Å²) in [6, 6.07) is 0. The summed E-state index contributed by atoms with van der Waals surface area (Å²) in [4.78, 5) is 34.3. The van der Waals surface area contributed by atoms with Crippen molar-refractivity contribution in [3.8, 4) is 0 Å². The maximum absolute atomic E-state index is 11.8. The zero-order chi connectivity index (χ0) is 13.1. The quantitative estimate of drug-likeness (QED) is 0.515. The lowest BCUT2D eigenvalue weighted by atomic mass is 9.96. The summed E-state index contributed by atoms with van der Waals surface area (Å²) in [6.45, 7) is 1.11. The van der Waals surface area contributed by atoms with Gasteiger partial charge in [0, 0.05) is 14.0 Å². The van der Waals surface area contributed by atoms with Crippen molar-refractivity contribution >= 4 is 17.7 Å². The molecule has 17 heavy (non-hydrogen) atoms. The van der Waals surface area contributed by atoms with Gasteiger partial charge in [0.2, 0.25) is 5.78 Å². The molecule has 0 spiro atoms. The fourth-order valence-electron chi connectivity index (χ4n) is 1.46. The van der Waals surface area contributed by atoms with Crippen molar-refractivity contribution in [2.24, 2.45) is 0 Å². The Hall–Kier alpha value is -1.95. The summed E-state index contributed by atoms with van der Waals surface area (Å²) in [5.41, 5.74) is -0.176. The highest BCUT2D eigenvalue weighted by Crippen LogP contribution is 2.29. The first-order valence-electron chi connectivity index (χ1n) is 4.74. The topological polar surface area (TPSA) is 78.9 Å². The summed E-state index contributed by atoms with van der Waals surface area (Å²) in [5, 5.41) is 0. The Kier molecular flexibility index (Phi) is 3.80. The second kappa shape index (κ2) is 4.92. The number of allylic oxidation sites excluding steroid dienone is 2. The highest BCUT2D eigenvalue weighted by Gasteiger charge is 2.49. The maximum atomic E-state index is 11.8. The average molecular weight is 240 g/mol. The van der Waals surface area contributed by atoms with Crippen molar-refractivity contribution in [1.82, 2.24) is 0 Å². The van der Waals surface area contributed by atoms with Crippen LogP contribution >= 0.6 is 0 Å². The van der Waals surface area contributed by atoms with E-state index < -0.39 is 23.5 Å². The first kappa shape index (κ1) is 13.1. The first-order valence-corrected chi connectivity index (χ1v) is 4.74. The van der Waals surface area contributed by atoms with Crippen molar-refractivity contribution in [2.45, 2.75) is 12.7 Å². The molecule has 0 amide bonds. The fourth-order valence-corrected chi connectivity index (χ4v) is 1.46. The van der Waals surface area contributed by atoms with Gasteiger partial charge >= 0.3 is 17.7 Å². The molecular weight excluding hydrogens is 228 g/mol. The Morgan fingerprint density at radius 3 is 2.41 bits per heavy atom. The molecule has 0 N–H and O–H groups in total. The van der Waals surface area contributed by atoms with E-state index in [2.05, 4.69) is 4.74 Å². The largest absolute Gasteiger partial charge is 0.465 e. The molecule has 92 valence electrons. The number of ether oxygens (including phenoxy) is 3. The Balaban J connectivity index is 3.26. The van der Waals surface area contributed by atoms with Crippen molar-refractivity contribution in [3.05, 3.63) is 23.8 Å². The molecule has 1 rings (SSSR count). The van der Waals surface area contributed by atoms with E-state index >= 15 is 0 Å². The molecule has 1 atom stereocenters. The molecule has 6 nitrogen and oxygen atoms in total. The smallest absolute Gasteiger partial charge is 0.340 e. The number of esters is 2. The van der Waals surface area contributed by atoms with E-state index in [9.17, 15) is 14.4 Å². The Bertz CT molecular complexity index is 420. The zero-order valence-corrected chi connectivity index (χ0v) is 9.68. The summed E-state index contributed by atoms with van der Waals surface area (Å²) in [5.74, 6) is -4.25. The molecule has 0 radical (unpaired) electrons. The first-order chi connectivity index (χ1) is 7.97. The molecule has 0 bridgehead atoms. The lowest BCUT2D eigenvalue weighted by Gasteiger charge is -2.31. The van der Waals surface area contributed by atoms with E-state index in [0.29, 0.717) is 0 Å². The molecule has 1 aliphatic carbocycles. The summed E-state index contributed by atoms with van der Waals surface area (Å²) in [6.07, 6.45) is 3.81. The maximum Gasteiger partial charge on any atom is 0.340 e. The normalized spacial score (nSPS) is 23.0. The number of hydrogen-bond donors (Lipinski definition) is 0. The van der Waals surface area contributed by atoms with Gasteiger partial charge < -0.3 is 14.2 Å². The van der Waals surface area contributed by atoms with E-state index in [0.717, 1.165) is 27.2 Å². The number of hydrogen-bond acceptors (Lipinski definition) is 6. The third kappa shape index (κ3) is 2.26. The fraction of sp³-hybridized carbons (Fsp3) is 0.364. The highest BCUT2D eigenvalue weighted by molar-refractivity contribution is 6.09. The highest BCUT2D eigenvalue weighted by atomic mass is 16.7. The number of carbonyl (C=O) groups excluding carboxylic acids is 3. The summed E-state index contributed by atoms with van der Waals surface area (Å²) < 4.78 is 14.3. The molecular formula is C11H12O6. The summed E-state index contributed by atoms with van der Waals surface area (Å²) in [7, 11) is 2.32. The number of rotatable bonds is 3. The van der Waals surface area contributed by atoms with Crippen LogP contribution in [-0.4, -0.2) is 37.7 Å². The minimum Gasteiger partial charge on any atom is -0.465 e. The van der Waals surface area contributed by atoms with Crippen LogP contribution in [-0.2, 0) is 28.6 Å². The standard InChI is InChI=1S/C11H12O6/c1-7(12)17-11(16-3)8(10(14)15-2)5-4-6-9(11)13/h4-6H,1-3H3. The van der Waals surface area contributed by atoms with Crippen molar-refractivity contribution in [2.75, 3.05) is 14.2 Å². The van der Waals surface area contributed by atoms with E-state index in [-0.39, 0.29) is 5.57 Å². The second-order valence-corrected chi connectivity index (χ2v) is 3.21. The van der Waals surface area contributed by atoms with Gasteiger partial charge in [-0.25, -0.2) is 4.79 Å². The van der Waals surface area contributed by atoms with E-state index in [1.54, 1.807) is 0 Å². The molecule has 6 heteroatoms. The van der Waals surface area contributed by atoms with E-state index in [4.69, 9.17) is 9.47 Å². The second-order valence-electron chi connectivity index (χ2n) is 3.21. The Morgan fingerprint density at radius 1 is 1.29 bits per heavy atom. The van der Waals surface area contributed by atoms with Gasteiger partial charge in [0.25, 0.3) is 0 Å². The Morgan fingerprint density at radius 2 is 1.94 bits per heavy atom. The molecule has 0 fully saturated rings. The third-order valence-electron chi connectivity index (χ3n) is 2.17. The monoisotopic (exact) mass is 240 g/mol. The van der Waals surface area contributed by atoms with Gasteiger partial charge in [0.15, 0.2) is 0 Å². The van der Waals surface area contributed by atoms with Gasteiger partial charge in [0.05, 0.1) is 7.11 Å². The van der Waals surface area contributed by atoms with Gasteiger partial charge in [-0.15, -0.1) is 0 Å². The van der Waals surface area contributed by atoms with Gasteiger partial charge in [-0.05, 0) is 12.2 Å². The van der Waals surface area contributed by atoms with Crippen LogP contribution < -0.4 is 0 Å². The minimum absolute atomic E-state index is 0.176. The van der Waals surface area contributed by atoms with Crippen LogP contribution in [0, 0.1) is 0 Å². The van der Waals surface area contributed by atoms with Crippen LogP contribution in [0.25, 0.3) is 0 Å². The van der Waals surface area contributed by atoms with Gasteiger partial charge in [0.1, 0.15) is 5.57 Å². The van der Waals surface area contributed by atoms with Crippen LogP contribution in [0.2, 0.25) is 0 Å². The van der Waals surface area contributed by atoms with Crippen molar-refractivity contribution < 1.29 is 28.6 Å². The van der Waals surface area contributed by atoms with E-state index in [1.165, 1.54) is 12.2 Å². The van der Waals surface area contributed by atoms with E-state index in [1.807, 2.05) is 0 Å². The number of methoxy groups -OCH3 is 2.